The Labute approximate surface area is 446 Å². The highest BCUT2D eigenvalue weighted by atomic mass is 14.7. The van der Waals surface area contributed by atoms with Crippen molar-refractivity contribution in [2.45, 2.75) is 25.7 Å². The first-order chi connectivity index (χ1) is 37.6. The van der Waals surface area contributed by atoms with Crippen LogP contribution in [-0.4, -0.2) is 15.0 Å². The fourth-order valence-electron chi connectivity index (χ4n) is 10.4. The van der Waals surface area contributed by atoms with Gasteiger partial charge in [0.25, 0.3) is 0 Å². The Balaban J connectivity index is 0.871. The molecule has 0 spiro atoms. The Morgan fingerprint density at radius 1 is 0.197 bits per heavy atom. The Hall–Kier alpha value is -9.57. The lowest BCUT2D eigenvalue weighted by atomic mass is 9.86. The van der Waals surface area contributed by atoms with E-state index in [2.05, 4.69) is 261 Å². The Morgan fingerprint density at radius 2 is 0.579 bits per heavy atom. The van der Waals surface area contributed by atoms with Crippen LogP contribution >= 0.6 is 0 Å². The summed E-state index contributed by atoms with van der Waals surface area (Å²) in [4.78, 5) is 14.8. The molecular weight excluding hydrogens is 919 g/mol. The predicted molar refractivity (Wildman–Crippen MR) is 316 cm³/mol. The van der Waals surface area contributed by atoms with E-state index in [1.807, 2.05) is 24.4 Å². The molecule has 9 aromatic carbocycles. The van der Waals surface area contributed by atoms with Gasteiger partial charge in [-0.25, -0.2) is 9.97 Å². The van der Waals surface area contributed by atoms with Gasteiger partial charge in [0.1, 0.15) is 0 Å². The van der Waals surface area contributed by atoms with Gasteiger partial charge in [0.2, 0.25) is 0 Å². The Bertz CT molecular complexity index is 3720. The van der Waals surface area contributed by atoms with Crippen molar-refractivity contribution in [3.63, 3.8) is 0 Å². The number of nitrogens with zero attached hydrogens (tertiary/aromatic N) is 3. The van der Waals surface area contributed by atoms with Crippen molar-refractivity contribution in [3.05, 3.63) is 308 Å². The lowest BCUT2D eigenvalue weighted by molar-refractivity contribution is 0.931. The lowest BCUT2D eigenvalue weighted by Gasteiger charge is -2.18. The van der Waals surface area contributed by atoms with Gasteiger partial charge in [0.05, 0.1) is 28.5 Å². The van der Waals surface area contributed by atoms with E-state index >= 15 is 0 Å². The molecule has 0 bridgehead atoms. The lowest BCUT2D eigenvalue weighted by Crippen LogP contribution is -1.98. The molecule has 0 atom stereocenters. The molecule has 12 aromatic rings. The van der Waals surface area contributed by atoms with E-state index in [9.17, 15) is 0 Å². The molecule has 0 saturated heterocycles. The zero-order valence-electron chi connectivity index (χ0n) is 42.3. The summed E-state index contributed by atoms with van der Waals surface area (Å²) < 4.78 is 0. The van der Waals surface area contributed by atoms with E-state index < -0.39 is 0 Å². The van der Waals surface area contributed by atoms with E-state index in [0.717, 1.165) is 87.5 Å². The minimum absolute atomic E-state index is 0.908. The third-order valence-electron chi connectivity index (χ3n) is 14.4. The molecule has 0 N–H and O–H groups in total. The number of pyridine rings is 3. The zero-order valence-corrected chi connectivity index (χ0v) is 42.3. The molecule has 76 heavy (non-hydrogen) atoms. The van der Waals surface area contributed by atoms with E-state index in [1.165, 1.54) is 61.2 Å². The number of aryl methyl sites for hydroxylation is 4. The van der Waals surface area contributed by atoms with E-state index in [4.69, 9.17) is 15.0 Å². The van der Waals surface area contributed by atoms with Crippen LogP contribution < -0.4 is 0 Å². The van der Waals surface area contributed by atoms with Crippen LogP contribution in [0.15, 0.2) is 285 Å². The quantitative estimate of drug-likeness (QED) is 0.103. The number of benzene rings is 9. The van der Waals surface area contributed by atoms with Gasteiger partial charge in [-0.15, -0.1) is 0 Å². The smallest absolute Gasteiger partial charge is 0.0709 e. The summed E-state index contributed by atoms with van der Waals surface area (Å²) in [5, 5.41) is 0. The molecule has 3 aromatic heterocycles. The monoisotopic (exact) mass is 973 g/mol. The van der Waals surface area contributed by atoms with Crippen molar-refractivity contribution in [2.24, 2.45) is 0 Å². The van der Waals surface area contributed by atoms with Crippen LogP contribution in [0.3, 0.4) is 0 Å². The summed E-state index contributed by atoms with van der Waals surface area (Å²) in [5.41, 5.74) is 25.2. The molecule has 0 unspecified atom stereocenters. The Morgan fingerprint density at radius 3 is 1.09 bits per heavy atom. The standard InChI is InChI=1S/C73H55N3/c1-4-16-56(17-5-1)57-41-43-58(44-42-57)68-51-63(69-24-12-13-47-74-69)45-46-67(68)66-23-11-10-22-65(66)64-49-54(31-29-52-33-37-61(38-34-52)72-27-14-25-70(75-72)59-18-6-2-7-19-59)48-55(50-64)32-30-53-35-39-62(40-36-53)73-28-15-26-71(76-73)60-20-8-3-9-21-60/h1-28,33-51H,29-32H2. The summed E-state index contributed by atoms with van der Waals surface area (Å²) in [7, 11) is 0. The first-order valence-corrected chi connectivity index (χ1v) is 26.3. The van der Waals surface area contributed by atoms with Gasteiger partial charge >= 0.3 is 0 Å². The fraction of sp³-hybridized carbons (Fsp3) is 0.0548. The van der Waals surface area contributed by atoms with Crippen molar-refractivity contribution < 1.29 is 0 Å². The molecule has 0 fully saturated rings. The van der Waals surface area contributed by atoms with Crippen LogP contribution in [0.25, 0.3) is 101 Å². The van der Waals surface area contributed by atoms with Crippen LogP contribution in [0.5, 0.6) is 0 Å². The average molecular weight is 974 g/mol. The molecule has 0 aliphatic carbocycles. The second kappa shape index (κ2) is 22.3. The van der Waals surface area contributed by atoms with E-state index in [1.54, 1.807) is 0 Å². The largest absolute Gasteiger partial charge is 0.256 e. The summed E-state index contributed by atoms with van der Waals surface area (Å²) in [6.45, 7) is 0. The normalized spacial score (nSPS) is 11.1. The van der Waals surface area contributed by atoms with Crippen molar-refractivity contribution in [3.8, 4) is 101 Å². The number of hydrogen-bond acceptors (Lipinski definition) is 3. The van der Waals surface area contributed by atoms with Crippen molar-refractivity contribution in [1.82, 2.24) is 15.0 Å². The highest BCUT2D eigenvalue weighted by Crippen LogP contribution is 2.41. The summed E-state index contributed by atoms with van der Waals surface area (Å²) >= 11 is 0. The van der Waals surface area contributed by atoms with Crippen LogP contribution in [0.4, 0.5) is 0 Å². The maximum Gasteiger partial charge on any atom is 0.0709 e. The van der Waals surface area contributed by atoms with Gasteiger partial charge in [-0.3, -0.25) is 4.98 Å². The maximum atomic E-state index is 5.03. The first kappa shape index (κ1) is 47.4. The number of hydrogen-bond donors (Lipinski definition) is 0. The molecule has 0 saturated carbocycles. The molecule has 0 aliphatic heterocycles. The van der Waals surface area contributed by atoms with E-state index in [-0.39, 0.29) is 0 Å². The van der Waals surface area contributed by atoms with Gasteiger partial charge in [-0.2, -0.15) is 0 Å². The minimum Gasteiger partial charge on any atom is -0.256 e. The van der Waals surface area contributed by atoms with Crippen LogP contribution in [-0.2, 0) is 25.7 Å². The van der Waals surface area contributed by atoms with Gasteiger partial charge in [-0.05, 0) is 135 Å². The molecule has 0 amide bonds. The average Bonchev–Trinajstić information content (AvgIpc) is 3.51. The first-order valence-electron chi connectivity index (χ1n) is 26.3. The Kier molecular flexibility index (Phi) is 13.9. The molecule has 0 aliphatic rings. The highest BCUT2D eigenvalue weighted by Gasteiger charge is 2.17. The number of rotatable bonds is 15. The van der Waals surface area contributed by atoms with Crippen molar-refractivity contribution in [1.29, 1.82) is 0 Å². The third-order valence-corrected chi connectivity index (χ3v) is 14.4. The van der Waals surface area contributed by atoms with Crippen LogP contribution in [0, 0.1) is 0 Å². The van der Waals surface area contributed by atoms with Crippen LogP contribution in [0.2, 0.25) is 0 Å². The molecule has 12 rings (SSSR count). The molecule has 362 valence electrons. The fourth-order valence-corrected chi connectivity index (χ4v) is 10.4. The number of aromatic nitrogens is 3. The zero-order chi connectivity index (χ0) is 50.9. The second-order valence-corrected chi connectivity index (χ2v) is 19.4. The predicted octanol–water partition coefficient (Wildman–Crippen LogP) is 18.4. The van der Waals surface area contributed by atoms with Gasteiger partial charge in [-0.1, -0.05) is 237 Å². The van der Waals surface area contributed by atoms with E-state index in [0.29, 0.717) is 0 Å². The maximum absolute atomic E-state index is 5.03. The molecule has 0 radical (unpaired) electrons. The second-order valence-electron chi connectivity index (χ2n) is 19.4. The summed E-state index contributed by atoms with van der Waals surface area (Å²) in [6, 6.07) is 100. The topological polar surface area (TPSA) is 38.7 Å². The van der Waals surface area contributed by atoms with Crippen molar-refractivity contribution in [2.75, 3.05) is 0 Å². The van der Waals surface area contributed by atoms with Gasteiger partial charge in [0, 0.05) is 34.0 Å². The summed E-state index contributed by atoms with van der Waals surface area (Å²) in [5.74, 6) is 0. The molecular formula is C73H55N3. The van der Waals surface area contributed by atoms with Gasteiger partial charge < -0.3 is 0 Å². The molecule has 3 heteroatoms. The minimum atomic E-state index is 0.908. The SMILES string of the molecule is c1ccc(-c2ccc(-c3cc(-c4ccccn4)ccc3-c3ccccc3-c3cc(CCc4ccc(-c5cccc(-c6ccccc6)n5)cc4)cc(CCc4ccc(-c5cccc(-c6ccccc6)n5)cc4)c3)cc2)cc1. The highest BCUT2D eigenvalue weighted by molar-refractivity contribution is 5.94. The molecule has 3 heterocycles. The summed E-state index contributed by atoms with van der Waals surface area (Å²) in [6.07, 6.45) is 5.52. The van der Waals surface area contributed by atoms with Crippen LogP contribution in [0.1, 0.15) is 22.3 Å². The third kappa shape index (κ3) is 10.9. The molecule has 3 nitrogen and oxygen atoms in total. The van der Waals surface area contributed by atoms with Gasteiger partial charge in [0.15, 0.2) is 0 Å². The van der Waals surface area contributed by atoms with Crippen molar-refractivity contribution >= 4 is 0 Å².